The van der Waals surface area contributed by atoms with E-state index in [1.807, 2.05) is 0 Å². The van der Waals surface area contributed by atoms with Crippen molar-refractivity contribution in [2.75, 3.05) is 19.7 Å². The molecule has 3 unspecified atom stereocenters. The molecule has 1 saturated heterocycles. The van der Waals surface area contributed by atoms with E-state index in [0.29, 0.717) is 12.0 Å². The Morgan fingerprint density at radius 1 is 1.32 bits per heavy atom. The average Bonchev–Trinajstić information content (AvgIpc) is 2.90. The van der Waals surface area contributed by atoms with E-state index in [9.17, 15) is 5.11 Å². The summed E-state index contributed by atoms with van der Waals surface area (Å²) in [4.78, 5) is 2.65. The van der Waals surface area contributed by atoms with Crippen LogP contribution in [0.2, 0.25) is 0 Å². The summed E-state index contributed by atoms with van der Waals surface area (Å²) in [5, 5.41) is 11.6. The Hall–Kier alpha value is -1.58. The van der Waals surface area contributed by atoms with Crippen molar-refractivity contribution in [2.45, 2.75) is 31.8 Å². The number of piperidine rings is 1. The summed E-state index contributed by atoms with van der Waals surface area (Å²) in [5.41, 5.74) is 5.87. The molecule has 1 fully saturated rings. The molecule has 0 aliphatic carbocycles. The van der Waals surface area contributed by atoms with E-state index in [-0.39, 0.29) is 12.6 Å². The van der Waals surface area contributed by atoms with Crippen LogP contribution in [0, 0.1) is 5.92 Å². The zero-order valence-electron chi connectivity index (χ0n) is 13.0. The number of nitrogens with zero attached hydrogens (tertiary/aromatic N) is 2. The number of benzene rings is 1. The molecule has 2 bridgehead atoms. The molecule has 3 aliphatic rings. The molecule has 3 nitrogen and oxygen atoms in total. The summed E-state index contributed by atoms with van der Waals surface area (Å²) < 4.78 is 2.48. The third-order valence-corrected chi connectivity index (χ3v) is 6.16. The predicted molar refractivity (Wildman–Crippen MR) is 87.9 cm³/mol. The molecule has 0 spiro atoms. The second-order valence-corrected chi connectivity index (χ2v) is 6.94. The molecule has 5 rings (SSSR count). The summed E-state index contributed by atoms with van der Waals surface area (Å²) in [5.74, 6) is 0.491. The van der Waals surface area contributed by atoms with Crippen LogP contribution in [0.5, 0.6) is 0 Å². The Labute approximate surface area is 130 Å². The van der Waals surface area contributed by atoms with Gasteiger partial charge in [-0.25, -0.2) is 0 Å². The van der Waals surface area contributed by atoms with Crippen LogP contribution < -0.4 is 0 Å². The van der Waals surface area contributed by atoms with Gasteiger partial charge in [0.2, 0.25) is 0 Å². The van der Waals surface area contributed by atoms with Crippen molar-refractivity contribution in [3.63, 3.8) is 0 Å². The summed E-state index contributed by atoms with van der Waals surface area (Å²) in [7, 11) is 0. The number of hydrogen-bond donors (Lipinski definition) is 1. The lowest BCUT2D eigenvalue weighted by Crippen LogP contribution is -2.49. The van der Waals surface area contributed by atoms with Crippen molar-refractivity contribution in [1.29, 1.82) is 0 Å². The molecule has 22 heavy (non-hydrogen) atoms. The van der Waals surface area contributed by atoms with Crippen LogP contribution in [0.1, 0.15) is 36.7 Å². The minimum atomic E-state index is 0.205. The third kappa shape index (κ3) is 1.43. The van der Waals surface area contributed by atoms with Gasteiger partial charge >= 0.3 is 0 Å². The number of aliphatic hydroxyl groups excluding tert-OH is 1. The van der Waals surface area contributed by atoms with Crippen molar-refractivity contribution in [2.24, 2.45) is 5.92 Å². The summed E-state index contributed by atoms with van der Waals surface area (Å²) in [6, 6.07) is 9.53. The van der Waals surface area contributed by atoms with Crippen LogP contribution in [-0.4, -0.2) is 34.3 Å². The van der Waals surface area contributed by atoms with Gasteiger partial charge in [0.15, 0.2) is 0 Å². The maximum absolute atomic E-state index is 10.2. The number of para-hydroxylation sites is 1. The zero-order chi connectivity index (χ0) is 14.8. The van der Waals surface area contributed by atoms with Crippen LogP contribution in [0.4, 0.5) is 0 Å². The quantitative estimate of drug-likeness (QED) is 0.819. The molecule has 1 aromatic heterocycles. The molecular weight excluding hydrogens is 272 g/mol. The molecule has 3 heteroatoms. The highest BCUT2D eigenvalue weighted by molar-refractivity contribution is 5.86. The fourth-order valence-electron chi connectivity index (χ4n) is 5.21. The molecule has 0 saturated carbocycles. The smallest absolute Gasteiger partial charge is 0.0645 e. The van der Waals surface area contributed by atoms with Gasteiger partial charge < -0.3 is 9.67 Å². The largest absolute Gasteiger partial charge is 0.394 e. The van der Waals surface area contributed by atoms with Crippen LogP contribution >= 0.6 is 0 Å². The van der Waals surface area contributed by atoms with Crippen molar-refractivity contribution in [1.82, 2.24) is 9.47 Å². The first-order chi connectivity index (χ1) is 10.8. The van der Waals surface area contributed by atoms with Crippen molar-refractivity contribution in [3.8, 4) is 0 Å². The standard InChI is InChI=1S/C19H22N2O/c1-2-12-10-20-8-7-14-13-5-3-4-6-16(13)21-18(11-22)15(12)9-17(20)19(14)21/h2-6,15,17-18,22H,7-11H2,1H3/b12-2+. The van der Waals surface area contributed by atoms with Crippen LogP contribution in [-0.2, 0) is 6.42 Å². The van der Waals surface area contributed by atoms with Crippen molar-refractivity contribution in [3.05, 3.63) is 47.2 Å². The number of allylic oxidation sites excluding steroid dienone is 1. The first kappa shape index (κ1) is 12.9. The first-order valence-corrected chi connectivity index (χ1v) is 8.45. The second kappa shape index (κ2) is 4.46. The first-order valence-electron chi connectivity index (χ1n) is 8.45. The average molecular weight is 294 g/mol. The Balaban J connectivity index is 1.86. The maximum atomic E-state index is 10.2. The van der Waals surface area contributed by atoms with E-state index in [1.165, 1.54) is 40.7 Å². The highest BCUT2D eigenvalue weighted by Crippen LogP contribution is 2.52. The number of aliphatic hydroxyl groups is 1. The van der Waals surface area contributed by atoms with Crippen molar-refractivity contribution >= 4 is 10.9 Å². The zero-order valence-corrected chi connectivity index (χ0v) is 13.0. The lowest BCUT2D eigenvalue weighted by Gasteiger charge is -2.51. The molecule has 4 heterocycles. The lowest BCUT2D eigenvalue weighted by molar-refractivity contribution is 0.0662. The van der Waals surface area contributed by atoms with E-state index in [0.717, 1.165) is 13.0 Å². The van der Waals surface area contributed by atoms with E-state index in [2.05, 4.69) is 46.7 Å². The third-order valence-electron chi connectivity index (χ3n) is 6.16. The van der Waals surface area contributed by atoms with Gasteiger partial charge in [0.1, 0.15) is 0 Å². The predicted octanol–water partition coefficient (Wildman–Crippen LogP) is 3.05. The van der Waals surface area contributed by atoms with Gasteiger partial charge in [0, 0.05) is 35.6 Å². The monoisotopic (exact) mass is 294 g/mol. The normalized spacial score (nSPS) is 31.9. The Morgan fingerprint density at radius 3 is 3.00 bits per heavy atom. The lowest BCUT2D eigenvalue weighted by atomic mass is 9.75. The Bertz CT molecular complexity index is 788. The Morgan fingerprint density at radius 2 is 2.18 bits per heavy atom. The van der Waals surface area contributed by atoms with Crippen LogP contribution in [0.15, 0.2) is 35.9 Å². The van der Waals surface area contributed by atoms with Crippen LogP contribution in [0.25, 0.3) is 10.9 Å². The maximum Gasteiger partial charge on any atom is 0.0645 e. The fourth-order valence-corrected chi connectivity index (χ4v) is 5.21. The van der Waals surface area contributed by atoms with E-state index >= 15 is 0 Å². The fraction of sp³-hybridized carbons (Fsp3) is 0.474. The van der Waals surface area contributed by atoms with Gasteiger partial charge in [-0.3, -0.25) is 4.90 Å². The van der Waals surface area contributed by atoms with Gasteiger partial charge in [-0.05, 0) is 31.4 Å². The molecule has 114 valence electrons. The summed E-state index contributed by atoms with van der Waals surface area (Å²) >= 11 is 0. The molecule has 1 N–H and O–H groups in total. The highest BCUT2D eigenvalue weighted by Gasteiger charge is 2.46. The Kier molecular flexibility index (Phi) is 2.62. The topological polar surface area (TPSA) is 28.4 Å². The van der Waals surface area contributed by atoms with E-state index in [4.69, 9.17) is 0 Å². The number of fused-ring (bicyclic) bond motifs is 4. The summed E-state index contributed by atoms with van der Waals surface area (Å²) in [6.07, 6.45) is 4.60. The van der Waals surface area contributed by atoms with Crippen molar-refractivity contribution < 1.29 is 5.11 Å². The molecular formula is C19H22N2O. The van der Waals surface area contributed by atoms with E-state index < -0.39 is 0 Å². The molecule has 0 radical (unpaired) electrons. The number of aromatic nitrogens is 1. The molecule has 3 atom stereocenters. The number of hydrogen-bond acceptors (Lipinski definition) is 2. The molecule has 1 aromatic carbocycles. The number of rotatable bonds is 1. The van der Waals surface area contributed by atoms with Gasteiger partial charge in [-0.1, -0.05) is 29.8 Å². The molecule has 2 aromatic rings. The second-order valence-electron chi connectivity index (χ2n) is 6.94. The van der Waals surface area contributed by atoms with Gasteiger partial charge in [-0.2, -0.15) is 0 Å². The van der Waals surface area contributed by atoms with Crippen LogP contribution in [0.3, 0.4) is 0 Å². The van der Waals surface area contributed by atoms with Gasteiger partial charge in [0.05, 0.1) is 18.7 Å². The summed E-state index contributed by atoms with van der Waals surface area (Å²) in [6.45, 7) is 4.64. The SMILES string of the molecule is C/C=C1\CN2CCc3c4n(c5ccccc35)C(CO)C1CC42. The molecule has 3 aliphatic heterocycles. The molecule has 0 amide bonds. The minimum Gasteiger partial charge on any atom is -0.394 e. The van der Waals surface area contributed by atoms with Gasteiger partial charge in [-0.15, -0.1) is 0 Å². The van der Waals surface area contributed by atoms with E-state index in [1.54, 1.807) is 0 Å². The minimum absolute atomic E-state index is 0.205. The highest BCUT2D eigenvalue weighted by atomic mass is 16.3. The van der Waals surface area contributed by atoms with Gasteiger partial charge in [0.25, 0.3) is 0 Å².